The molecule has 0 bridgehead atoms. The topological polar surface area (TPSA) is 92.8 Å². The maximum atomic E-state index is 13.0. The van der Waals surface area contributed by atoms with Crippen LogP contribution in [0.5, 0.6) is 5.75 Å². The highest BCUT2D eigenvalue weighted by Crippen LogP contribution is 2.28. The molecule has 2 aromatic rings. The van der Waals surface area contributed by atoms with Crippen LogP contribution in [0.1, 0.15) is 59.9 Å². The quantitative estimate of drug-likeness (QED) is 0.518. The normalized spacial score (nSPS) is 12.7. The number of para-hydroxylation sites is 1. The minimum absolute atomic E-state index is 0.00849. The van der Waals surface area contributed by atoms with E-state index in [0.717, 1.165) is 6.42 Å². The van der Waals surface area contributed by atoms with Crippen molar-refractivity contribution in [1.82, 2.24) is 4.90 Å². The molecule has 0 saturated heterocycles. The van der Waals surface area contributed by atoms with Crippen molar-refractivity contribution < 1.29 is 22.2 Å². The Morgan fingerprint density at radius 2 is 1.67 bits per heavy atom. The molecule has 0 aliphatic heterocycles. The fourth-order valence-electron chi connectivity index (χ4n) is 3.24. The molecular weight excluding hydrogens is 440 g/mol. The first-order chi connectivity index (χ1) is 15.3. The lowest BCUT2D eigenvalue weighted by Crippen LogP contribution is -2.39. The van der Waals surface area contributed by atoms with Crippen LogP contribution in [0.3, 0.4) is 0 Å². The second-order valence-corrected chi connectivity index (χ2v) is 10.9. The van der Waals surface area contributed by atoms with Gasteiger partial charge in [0.1, 0.15) is 10.6 Å². The van der Waals surface area contributed by atoms with E-state index < -0.39 is 10.1 Å². The molecule has 180 valence electrons. The Morgan fingerprint density at radius 3 is 2.21 bits per heavy atom. The van der Waals surface area contributed by atoms with Crippen molar-refractivity contribution in [3.63, 3.8) is 0 Å². The van der Waals surface area contributed by atoms with Crippen molar-refractivity contribution in [2.24, 2.45) is 5.41 Å². The Labute approximate surface area is 197 Å². The van der Waals surface area contributed by atoms with E-state index in [9.17, 15) is 18.0 Å². The Morgan fingerprint density at radius 1 is 1.06 bits per heavy atom. The van der Waals surface area contributed by atoms with Gasteiger partial charge in [0, 0.05) is 37.2 Å². The second-order valence-electron chi connectivity index (χ2n) is 9.37. The van der Waals surface area contributed by atoms with E-state index in [1.165, 1.54) is 31.2 Å². The fourth-order valence-corrected chi connectivity index (χ4v) is 4.20. The second kappa shape index (κ2) is 10.8. The zero-order chi connectivity index (χ0) is 24.8. The number of amides is 2. The molecule has 0 fully saturated rings. The molecule has 1 atom stereocenters. The van der Waals surface area contributed by atoms with Gasteiger partial charge in [-0.2, -0.15) is 8.42 Å². The Kier molecular flexibility index (Phi) is 8.66. The smallest absolute Gasteiger partial charge is 0.339 e. The highest BCUT2D eigenvalue weighted by atomic mass is 32.2. The summed E-state index contributed by atoms with van der Waals surface area (Å²) in [5.74, 6) is -0.0500. The number of anilines is 1. The molecule has 33 heavy (non-hydrogen) atoms. The summed E-state index contributed by atoms with van der Waals surface area (Å²) in [5.41, 5.74) is 0.938. The third-order valence-corrected chi connectivity index (χ3v) is 6.35. The molecule has 1 N–H and O–H groups in total. The molecular formula is C25H34N2O5S. The number of carbonyl (C=O) groups excluding carboxylic acids is 2. The van der Waals surface area contributed by atoms with Gasteiger partial charge >= 0.3 is 10.1 Å². The number of nitrogens with zero attached hydrogens (tertiary/aromatic N) is 1. The summed E-state index contributed by atoms with van der Waals surface area (Å²) < 4.78 is 31.3. The predicted molar refractivity (Wildman–Crippen MR) is 129 cm³/mol. The van der Waals surface area contributed by atoms with Crippen LogP contribution in [0.2, 0.25) is 0 Å². The molecule has 2 rings (SSSR count). The van der Waals surface area contributed by atoms with Crippen LogP contribution in [0, 0.1) is 5.41 Å². The monoisotopic (exact) mass is 474 g/mol. The van der Waals surface area contributed by atoms with Gasteiger partial charge in [-0.05, 0) is 49.1 Å². The lowest BCUT2D eigenvalue weighted by atomic mass is 9.91. The first-order valence-corrected chi connectivity index (χ1v) is 12.4. The SMILES string of the molecule is CC[C@@H](C)N(Cc1ccccc1OS(=O)(=O)c1ccc(NC(C)=O)cc1)C(=O)CC(C)(C)C. The van der Waals surface area contributed by atoms with Gasteiger partial charge in [0.15, 0.2) is 0 Å². The fraction of sp³-hybridized carbons (Fsp3) is 0.440. The molecule has 0 aliphatic carbocycles. The third kappa shape index (κ3) is 7.89. The van der Waals surface area contributed by atoms with Crippen LogP contribution in [0.25, 0.3) is 0 Å². The van der Waals surface area contributed by atoms with Gasteiger partial charge in [0.25, 0.3) is 0 Å². The first-order valence-electron chi connectivity index (χ1n) is 11.0. The van der Waals surface area contributed by atoms with Crippen molar-refractivity contribution in [3.05, 3.63) is 54.1 Å². The van der Waals surface area contributed by atoms with E-state index in [1.54, 1.807) is 29.2 Å². The number of hydrogen-bond donors (Lipinski definition) is 1. The molecule has 2 aromatic carbocycles. The van der Waals surface area contributed by atoms with Gasteiger partial charge in [-0.15, -0.1) is 0 Å². The van der Waals surface area contributed by atoms with Gasteiger partial charge in [0.2, 0.25) is 11.8 Å². The van der Waals surface area contributed by atoms with E-state index in [4.69, 9.17) is 4.18 Å². The van der Waals surface area contributed by atoms with Crippen LogP contribution >= 0.6 is 0 Å². The van der Waals surface area contributed by atoms with Gasteiger partial charge in [0.05, 0.1) is 0 Å². The highest BCUT2D eigenvalue weighted by Gasteiger charge is 2.26. The minimum atomic E-state index is -4.11. The maximum Gasteiger partial charge on any atom is 0.339 e. The first kappa shape index (κ1) is 26.4. The average Bonchev–Trinajstić information content (AvgIpc) is 2.71. The third-order valence-electron chi connectivity index (χ3n) is 5.10. The molecule has 0 unspecified atom stereocenters. The molecule has 0 saturated carbocycles. The van der Waals surface area contributed by atoms with Gasteiger partial charge in [-0.3, -0.25) is 9.59 Å². The van der Waals surface area contributed by atoms with Crippen LogP contribution in [-0.2, 0) is 26.3 Å². The summed E-state index contributed by atoms with van der Waals surface area (Å²) in [7, 11) is -4.11. The average molecular weight is 475 g/mol. The van der Waals surface area contributed by atoms with Crippen molar-refractivity contribution in [2.45, 2.75) is 71.9 Å². The summed E-state index contributed by atoms with van der Waals surface area (Å²) >= 11 is 0. The zero-order valence-corrected chi connectivity index (χ0v) is 21.0. The molecule has 0 spiro atoms. The van der Waals surface area contributed by atoms with E-state index in [2.05, 4.69) is 5.32 Å². The number of nitrogens with one attached hydrogen (secondary N) is 1. The Balaban J connectivity index is 2.29. The number of benzene rings is 2. The Bertz CT molecular complexity index is 1070. The Hall–Kier alpha value is -2.87. The van der Waals surface area contributed by atoms with Crippen LogP contribution in [0.15, 0.2) is 53.4 Å². The molecule has 7 nitrogen and oxygen atoms in total. The minimum Gasteiger partial charge on any atom is -0.379 e. The largest absolute Gasteiger partial charge is 0.379 e. The number of carbonyl (C=O) groups is 2. The molecule has 0 heterocycles. The van der Waals surface area contributed by atoms with Crippen molar-refractivity contribution in [3.8, 4) is 5.75 Å². The number of hydrogen-bond acceptors (Lipinski definition) is 5. The summed E-state index contributed by atoms with van der Waals surface area (Å²) in [4.78, 5) is 25.9. The van der Waals surface area contributed by atoms with E-state index in [0.29, 0.717) is 17.7 Å². The van der Waals surface area contributed by atoms with Crippen LogP contribution in [0.4, 0.5) is 5.69 Å². The molecule has 8 heteroatoms. The van der Waals surface area contributed by atoms with E-state index in [-0.39, 0.29) is 40.5 Å². The maximum absolute atomic E-state index is 13.0. The summed E-state index contributed by atoms with van der Waals surface area (Å²) in [5, 5.41) is 2.59. The van der Waals surface area contributed by atoms with Gasteiger partial charge in [-0.25, -0.2) is 0 Å². The lowest BCUT2D eigenvalue weighted by molar-refractivity contribution is -0.136. The van der Waals surface area contributed by atoms with Crippen molar-refractivity contribution in [2.75, 3.05) is 5.32 Å². The van der Waals surface area contributed by atoms with E-state index in [1.807, 2.05) is 34.6 Å². The standard InChI is InChI=1S/C25H34N2O5S/c1-7-18(2)27(24(29)16-25(4,5)6)17-20-10-8-9-11-23(20)32-33(30,31)22-14-12-21(13-15-22)26-19(3)28/h8-15,18H,7,16-17H2,1-6H3,(H,26,28)/t18-/m1/s1. The highest BCUT2D eigenvalue weighted by molar-refractivity contribution is 7.87. The summed E-state index contributed by atoms with van der Waals surface area (Å²) in [6.45, 7) is 11.7. The molecule has 0 radical (unpaired) electrons. The van der Waals surface area contributed by atoms with Gasteiger partial charge < -0.3 is 14.4 Å². The van der Waals surface area contributed by atoms with Crippen molar-refractivity contribution in [1.29, 1.82) is 0 Å². The summed E-state index contributed by atoms with van der Waals surface area (Å²) in [6, 6.07) is 12.6. The zero-order valence-electron chi connectivity index (χ0n) is 20.2. The van der Waals surface area contributed by atoms with Gasteiger partial charge in [-0.1, -0.05) is 45.9 Å². The van der Waals surface area contributed by atoms with E-state index >= 15 is 0 Å². The van der Waals surface area contributed by atoms with Crippen LogP contribution < -0.4 is 9.50 Å². The summed E-state index contributed by atoms with van der Waals surface area (Å²) in [6.07, 6.45) is 1.16. The molecule has 0 aromatic heterocycles. The molecule has 2 amide bonds. The van der Waals surface area contributed by atoms with Crippen LogP contribution in [-0.4, -0.2) is 31.2 Å². The van der Waals surface area contributed by atoms with Crippen molar-refractivity contribution >= 4 is 27.6 Å². The predicted octanol–water partition coefficient (Wildman–Crippen LogP) is 4.98. The lowest BCUT2D eigenvalue weighted by Gasteiger charge is -2.32. The molecule has 0 aliphatic rings. The number of rotatable bonds is 9.